The molecular formula is C16H17F2N. The molecule has 0 bridgehead atoms. The maximum atomic E-state index is 13.7. The van der Waals surface area contributed by atoms with E-state index in [1.807, 2.05) is 31.2 Å². The van der Waals surface area contributed by atoms with Gasteiger partial charge in [0, 0.05) is 5.92 Å². The van der Waals surface area contributed by atoms with Crippen LogP contribution in [-0.2, 0) is 6.42 Å². The number of hydrogen-bond acceptors (Lipinski definition) is 1. The fourth-order valence-corrected chi connectivity index (χ4v) is 2.23. The minimum Gasteiger partial charge on any atom is -0.330 e. The predicted molar refractivity (Wildman–Crippen MR) is 73.0 cm³/mol. The molecule has 0 aromatic heterocycles. The summed E-state index contributed by atoms with van der Waals surface area (Å²) in [7, 11) is 0. The summed E-state index contributed by atoms with van der Waals surface area (Å²) in [6.45, 7) is 2.40. The van der Waals surface area contributed by atoms with E-state index in [9.17, 15) is 8.78 Å². The SMILES string of the molecule is Cc1cccc(C(CN)Cc2cc(F)ccc2F)c1. The minimum absolute atomic E-state index is 0.00352. The van der Waals surface area contributed by atoms with Crippen molar-refractivity contribution in [3.8, 4) is 0 Å². The van der Waals surface area contributed by atoms with Crippen LogP contribution in [0.1, 0.15) is 22.6 Å². The topological polar surface area (TPSA) is 26.0 Å². The van der Waals surface area contributed by atoms with Crippen LogP contribution in [0.15, 0.2) is 42.5 Å². The second-order valence-electron chi connectivity index (χ2n) is 4.79. The van der Waals surface area contributed by atoms with Crippen LogP contribution >= 0.6 is 0 Å². The third kappa shape index (κ3) is 3.38. The second-order valence-corrected chi connectivity index (χ2v) is 4.79. The summed E-state index contributed by atoms with van der Waals surface area (Å²) in [5.41, 5.74) is 8.34. The third-order valence-electron chi connectivity index (χ3n) is 3.27. The third-order valence-corrected chi connectivity index (χ3v) is 3.27. The van der Waals surface area contributed by atoms with E-state index >= 15 is 0 Å². The van der Waals surface area contributed by atoms with E-state index in [0.717, 1.165) is 23.3 Å². The van der Waals surface area contributed by atoms with Crippen molar-refractivity contribution in [2.75, 3.05) is 6.54 Å². The Labute approximate surface area is 112 Å². The maximum absolute atomic E-state index is 13.7. The van der Waals surface area contributed by atoms with Crippen LogP contribution in [-0.4, -0.2) is 6.54 Å². The zero-order valence-corrected chi connectivity index (χ0v) is 10.9. The molecule has 3 heteroatoms. The lowest BCUT2D eigenvalue weighted by Gasteiger charge is -2.16. The van der Waals surface area contributed by atoms with Crippen LogP contribution < -0.4 is 5.73 Å². The first-order valence-electron chi connectivity index (χ1n) is 6.30. The summed E-state index contributed by atoms with van der Waals surface area (Å²) in [5.74, 6) is -0.805. The molecule has 0 radical (unpaired) electrons. The first kappa shape index (κ1) is 13.7. The van der Waals surface area contributed by atoms with Crippen LogP contribution in [0.3, 0.4) is 0 Å². The predicted octanol–water partition coefficient (Wildman–Crippen LogP) is 3.56. The molecule has 0 saturated heterocycles. The summed E-state index contributed by atoms with van der Waals surface area (Å²) in [4.78, 5) is 0. The molecule has 0 aliphatic heterocycles. The quantitative estimate of drug-likeness (QED) is 0.894. The Kier molecular flexibility index (Phi) is 4.27. The van der Waals surface area contributed by atoms with Crippen LogP contribution in [0.25, 0.3) is 0 Å². The van der Waals surface area contributed by atoms with Gasteiger partial charge >= 0.3 is 0 Å². The Morgan fingerprint density at radius 2 is 1.89 bits per heavy atom. The van der Waals surface area contributed by atoms with Gasteiger partial charge in [0.05, 0.1) is 0 Å². The fourth-order valence-electron chi connectivity index (χ4n) is 2.23. The number of halogens is 2. The van der Waals surface area contributed by atoms with Crippen molar-refractivity contribution in [3.63, 3.8) is 0 Å². The number of nitrogens with two attached hydrogens (primary N) is 1. The van der Waals surface area contributed by atoms with Crippen molar-refractivity contribution in [1.82, 2.24) is 0 Å². The largest absolute Gasteiger partial charge is 0.330 e. The molecule has 2 N–H and O–H groups in total. The molecule has 19 heavy (non-hydrogen) atoms. The Morgan fingerprint density at radius 1 is 1.11 bits per heavy atom. The smallest absolute Gasteiger partial charge is 0.126 e. The highest BCUT2D eigenvalue weighted by Crippen LogP contribution is 2.23. The Hall–Kier alpha value is -1.74. The number of rotatable bonds is 4. The summed E-state index contributed by atoms with van der Waals surface area (Å²) in [6, 6.07) is 11.5. The average molecular weight is 261 g/mol. The molecule has 2 aromatic carbocycles. The summed E-state index contributed by atoms with van der Waals surface area (Å²) in [6.07, 6.45) is 0.406. The highest BCUT2D eigenvalue weighted by atomic mass is 19.1. The van der Waals surface area contributed by atoms with Crippen LogP contribution in [0, 0.1) is 18.6 Å². The van der Waals surface area contributed by atoms with E-state index in [1.165, 1.54) is 6.07 Å². The van der Waals surface area contributed by atoms with E-state index in [-0.39, 0.29) is 11.7 Å². The number of benzene rings is 2. The molecular weight excluding hydrogens is 244 g/mol. The monoisotopic (exact) mass is 261 g/mol. The van der Waals surface area contributed by atoms with Gasteiger partial charge in [-0.3, -0.25) is 0 Å². The van der Waals surface area contributed by atoms with Crippen LogP contribution in [0.2, 0.25) is 0 Å². The van der Waals surface area contributed by atoms with Crippen molar-refractivity contribution in [2.45, 2.75) is 19.3 Å². The normalized spacial score (nSPS) is 12.4. The first-order valence-corrected chi connectivity index (χ1v) is 6.30. The van der Waals surface area contributed by atoms with E-state index in [1.54, 1.807) is 0 Å². The van der Waals surface area contributed by atoms with E-state index < -0.39 is 5.82 Å². The van der Waals surface area contributed by atoms with E-state index in [0.29, 0.717) is 18.5 Å². The van der Waals surface area contributed by atoms with Crippen LogP contribution in [0.5, 0.6) is 0 Å². The van der Waals surface area contributed by atoms with Crippen molar-refractivity contribution in [1.29, 1.82) is 0 Å². The maximum Gasteiger partial charge on any atom is 0.126 e. The van der Waals surface area contributed by atoms with Gasteiger partial charge in [-0.2, -0.15) is 0 Å². The zero-order valence-electron chi connectivity index (χ0n) is 10.9. The number of aryl methyl sites for hydroxylation is 1. The molecule has 0 aliphatic rings. The van der Waals surface area contributed by atoms with Gasteiger partial charge in [-0.25, -0.2) is 8.78 Å². The van der Waals surface area contributed by atoms with Gasteiger partial charge < -0.3 is 5.73 Å². The van der Waals surface area contributed by atoms with Gasteiger partial charge in [0.25, 0.3) is 0 Å². The lowest BCUT2D eigenvalue weighted by Crippen LogP contribution is -2.16. The second kappa shape index (κ2) is 5.93. The molecule has 1 atom stereocenters. The van der Waals surface area contributed by atoms with Gasteiger partial charge in [0.15, 0.2) is 0 Å². The Morgan fingerprint density at radius 3 is 2.58 bits per heavy atom. The lowest BCUT2D eigenvalue weighted by molar-refractivity contribution is 0.570. The molecule has 0 fully saturated rings. The standard InChI is InChI=1S/C16H17F2N/c1-11-3-2-4-12(7-11)14(10-19)8-13-9-15(17)5-6-16(13)18/h2-7,9,14H,8,10,19H2,1H3. The van der Waals surface area contributed by atoms with Gasteiger partial charge in [0.1, 0.15) is 11.6 Å². The average Bonchev–Trinajstić information content (AvgIpc) is 2.39. The molecule has 100 valence electrons. The first-order chi connectivity index (χ1) is 9.10. The lowest BCUT2D eigenvalue weighted by atomic mass is 9.91. The zero-order chi connectivity index (χ0) is 13.8. The van der Waals surface area contributed by atoms with Crippen molar-refractivity contribution < 1.29 is 8.78 Å². The Balaban J connectivity index is 2.26. The summed E-state index contributed by atoms with van der Waals surface area (Å²) < 4.78 is 26.8. The van der Waals surface area contributed by atoms with Crippen LogP contribution in [0.4, 0.5) is 8.78 Å². The van der Waals surface area contributed by atoms with Gasteiger partial charge in [-0.15, -0.1) is 0 Å². The fraction of sp³-hybridized carbons (Fsp3) is 0.250. The van der Waals surface area contributed by atoms with Crippen molar-refractivity contribution >= 4 is 0 Å². The molecule has 1 nitrogen and oxygen atoms in total. The van der Waals surface area contributed by atoms with Gasteiger partial charge in [0.2, 0.25) is 0 Å². The van der Waals surface area contributed by atoms with Gasteiger partial charge in [-0.05, 0) is 49.2 Å². The Bertz CT molecular complexity index is 566. The molecule has 0 spiro atoms. The summed E-state index contributed by atoms with van der Waals surface area (Å²) in [5, 5.41) is 0. The van der Waals surface area contributed by atoms with Crippen molar-refractivity contribution in [2.24, 2.45) is 5.73 Å². The molecule has 0 heterocycles. The highest BCUT2D eigenvalue weighted by Gasteiger charge is 2.14. The molecule has 2 aromatic rings. The van der Waals surface area contributed by atoms with Crippen molar-refractivity contribution in [3.05, 3.63) is 70.8 Å². The summed E-state index contributed by atoms with van der Waals surface area (Å²) >= 11 is 0. The van der Waals surface area contributed by atoms with E-state index in [2.05, 4.69) is 0 Å². The molecule has 0 saturated carbocycles. The molecule has 0 aliphatic carbocycles. The number of hydrogen-bond donors (Lipinski definition) is 1. The molecule has 2 rings (SSSR count). The molecule has 1 unspecified atom stereocenters. The minimum atomic E-state index is -0.420. The van der Waals surface area contributed by atoms with E-state index in [4.69, 9.17) is 5.73 Å². The highest BCUT2D eigenvalue weighted by molar-refractivity contribution is 5.29. The van der Waals surface area contributed by atoms with Gasteiger partial charge in [-0.1, -0.05) is 29.8 Å². The molecule has 0 amide bonds.